The summed E-state index contributed by atoms with van der Waals surface area (Å²) in [6, 6.07) is 0. The fourth-order valence-corrected chi connectivity index (χ4v) is 4.11. The van der Waals surface area contributed by atoms with Gasteiger partial charge in [0.05, 0.1) is 6.54 Å². The van der Waals surface area contributed by atoms with E-state index in [0.29, 0.717) is 19.5 Å². The number of amides is 2. The van der Waals surface area contributed by atoms with Crippen LogP contribution in [0.4, 0.5) is 0 Å². The van der Waals surface area contributed by atoms with Crippen molar-refractivity contribution in [1.29, 1.82) is 0 Å². The molecule has 0 aromatic carbocycles. The molecule has 1 unspecified atom stereocenters. The zero-order chi connectivity index (χ0) is 16.5. The number of carbonyl (C=O) groups is 2. The molecule has 0 N–H and O–H groups in total. The van der Waals surface area contributed by atoms with Crippen LogP contribution in [-0.2, 0) is 22.7 Å². The highest BCUT2D eigenvalue weighted by Crippen LogP contribution is 2.25. The second-order valence-corrected chi connectivity index (χ2v) is 7.16. The molecule has 6 heteroatoms. The van der Waals surface area contributed by atoms with Crippen molar-refractivity contribution in [2.24, 2.45) is 11.8 Å². The summed E-state index contributed by atoms with van der Waals surface area (Å²) in [6.45, 7) is 3.71. The first-order valence-corrected chi connectivity index (χ1v) is 8.92. The van der Waals surface area contributed by atoms with Crippen LogP contribution >= 0.6 is 0 Å². The van der Waals surface area contributed by atoms with Crippen LogP contribution in [0.15, 0.2) is 24.5 Å². The largest absolute Gasteiger partial charge is 0.342 e. The molecule has 1 aromatic rings. The first-order valence-electron chi connectivity index (χ1n) is 8.92. The fourth-order valence-electron chi connectivity index (χ4n) is 4.11. The summed E-state index contributed by atoms with van der Waals surface area (Å²) in [5.74, 6) is 1.78. The molecule has 1 saturated heterocycles. The Labute approximate surface area is 142 Å². The third-order valence-corrected chi connectivity index (χ3v) is 5.39. The highest BCUT2D eigenvalue weighted by molar-refractivity contribution is 5.80. The normalized spacial score (nSPS) is 24.5. The molecule has 1 aromatic heterocycles. The number of hydrogen-bond acceptors (Lipinski definition) is 3. The van der Waals surface area contributed by atoms with E-state index in [1.165, 1.54) is 0 Å². The quantitative estimate of drug-likeness (QED) is 0.789. The standard InChI is InChI=1S/C18H24N4O2/c23-17-6-3-8-21(17)11-14-10-20-9-7-19-16(20)13-22(12-14)18(24)15-4-1-2-5-15/h1-2,7,9,14-15H,3-6,8,10-13H2. The van der Waals surface area contributed by atoms with E-state index in [9.17, 15) is 9.59 Å². The van der Waals surface area contributed by atoms with E-state index in [1.807, 2.05) is 16.0 Å². The molecular formula is C18H24N4O2. The zero-order valence-corrected chi connectivity index (χ0v) is 13.9. The molecule has 24 heavy (non-hydrogen) atoms. The summed E-state index contributed by atoms with van der Waals surface area (Å²) in [5.41, 5.74) is 0. The van der Waals surface area contributed by atoms with E-state index >= 15 is 0 Å². The second kappa shape index (κ2) is 6.42. The lowest BCUT2D eigenvalue weighted by molar-refractivity contribution is -0.136. The number of imidazole rings is 1. The summed E-state index contributed by atoms with van der Waals surface area (Å²) in [4.78, 5) is 33.2. The molecule has 2 amide bonds. The van der Waals surface area contributed by atoms with Crippen LogP contribution in [0.2, 0.25) is 0 Å². The number of allylic oxidation sites excluding steroid dienone is 2. The van der Waals surface area contributed by atoms with Crippen LogP contribution in [0.5, 0.6) is 0 Å². The summed E-state index contributed by atoms with van der Waals surface area (Å²) in [6.07, 6.45) is 11.3. The van der Waals surface area contributed by atoms with Gasteiger partial charge in [0.2, 0.25) is 11.8 Å². The van der Waals surface area contributed by atoms with Gasteiger partial charge in [-0.3, -0.25) is 9.59 Å². The smallest absolute Gasteiger partial charge is 0.226 e. The van der Waals surface area contributed by atoms with Crippen molar-refractivity contribution in [3.05, 3.63) is 30.4 Å². The van der Waals surface area contributed by atoms with Gasteiger partial charge >= 0.3 is 0 Å². The summed E-state index contributed by atoms with van der Waals surface area (Å²) in [7, 11) is 0. The Morgan fingerprint density at radius 1 is 1.25 bits per heavy atom. The van der Waals surface area contributed by atoms with Crippen LogP contribution in [0, 0.1) is 11.8 Å². The number of aromatic nitrogens is 2. The molecule has 0 saturated carbocycles. The molecule has 3 aliphatic rings. The maximum Gasteiger partial charge on any atom is 0.226 e. The van der Waals surface area contributed by atoms with Gasteiger partial charge in [-0.15, -0.1) is 0 Å². The molecule has 1 aliphatic carbocycles. The van der Waals surface area contributed by atoms with Crippen molar-refractivity contribution >= 4 is 11.8 Å². The van der Waals surface area contributed by atoms with Crippen molar-refractivity contribution in [1.82, 2.24) is 19.4 Å². The molecule has 6 nitrogen and oxygen atoms in total. The van der Waals surface area contributed by atoms with Gasteiger partial charge in [-0.05, 0) is 19.3 Å². The zero-order valence-electron chi connectivity index (χ0n) is 13.9. The minimum absolute atomic E-state index is 0.0839. The van der Waals surface area contributed by atoms with Crippen LogP contribution in [0.3, 0.4) is 0 Å². The highest BCUT2D eigenvalue weighted by atomic mass is 16.2. The fraction of sp³-hybridized carbons (Fsp3) is 0.611. The van der Waals surface area contributed by atoms with Gasteiger partial charge in [0.1, 0.15) is 5.82 Å². The van der Waals surface area contributed by atoms with Gasteiger partial charge in [-0.2, -0.15) is 0 Å². The number of likely N-dealkylation sites (tertiary alicyclic amines) is 1. The minimum atomic E-state index is 0.0839. The van der Waals surface area contributed by atoms with E-state index < -0.39 is 0 Å². The van der Waals surface area contributed by atoms with Gasteiger partial charge in [0.25, 0.3) is 0 Å². The first-order chi connectivity index (χ1) is 11.7. The van der Waals surface area contributed by atoms with Crippen LogP contribution in [-0.4, -0.2) is 50.8 Å². The SMILES string of the molecule is O=C1CCCN1CC1CN(C(=O)C2CC=CC2)Cc2nccn2C1. The van der Waals surface area contributed by atoms with Crippen LogP contribution in [0.25, 0.3) is 0 Å². The predicted octanol–water partition coefficient (Wildman–Crippen LogP) is 1.43. The van der Waals surface area contributed by atoms with Gasteiger partial charge in [-0.1, -0.05) is 12.2 Å². The average molecular weight is 328 g/mol. The molecule has 0 spiro atoms. The maximum absolute atomic E-state index is 12.9. The summed E-state index contributed by atoms with van der Waals surface area (Å²) >= 11 is 0. The Balaban J connectivity index is 1.51. The molecule has 1 fully saturated rings. The Kier molecular flexibility index (Phi) is 4.12. The van der Waals surface area contributed by atoms with Crippen molar-refractivity contribution < 1.29 is 9.59 Å². The Morgan fingerprint density at radius 2 is 2.08 bits per heavy atom. The topological polar surface area (TPSA) is 58.4 Å². The molecule has 2 aliphatic heterocycles. The van der Waals surface area contributed by atoms with Crippen molar-refractivity contribution in [2.45, 2.75) is 38.8 Å². The van der Waals surface area contributed by atoms with E-state index in [2.05, 4.69) is 21.7 Å². The number of carbonyl (C=O) groups excluding carboxylic acids is 2. The van der Waals surface area contributed by atoms with Gasteiger partial charge in [-0.25, -0.2) is 4.98 Å². The second-order valence-electron chi connectivity index (χ2n) is 7.16. The molecule has 0 radical (unpaired) electrons. The minimum Gasteiger partial charge on any atom is -0.342 e. The molecule has 3 heterocycles. The Hall–Kier alpha value is -2.11. The predicted molar refractivity (Wildman–Crippen MR) is 88.8 cm³/mol. The monoisotopic (exact) mass is 328 g/mol. The van der Waals surface area contributed by atoms with Crippen molar-refractivity contribution in [3.63, 3.8) is 0 Å². The molecule has 128 valence electrons. The van der Waals surface area contributed by atoms with Crippen LogP contribution < -0.4 is 0 Å². The van der Waals surface area contributed by atoms with Crippen molar-refractivity contribution in [3.8, 4) is 0 Å². The van der Waals surface area contributed by atoms with Gasteiger partial charge in [0, 0.05) is 56.8 Å². The molecule has 1 atom stereocenters. The lowest BCUT2D eigenvalue weighted by atomic mass is 10.0. The third kappa shape index (κ3) is 2.97. The summed E-state index contributed by atoms with van der Waals surface area (Å²) in [5, 5.41) is 0. The number of nitrogens with zero attached hydrogens (tertiary/aromatic N) is 4. The lowest BCUT2D eigenvalue weighted by Gasteiger charge is -2.29. The molecular weight excluding hydrogens is 304 g/mol. The Bertz CT molecular complexity index is 658. The first kappa shape index (κ1) is 15.4. The van der Waals surface area contributed by atoms with E-state index in [0.717, 1.165) is 44.7 Å². The van der Waals surface area contributed by atoms with Gasteiger partial charge in [0.15, 0.2) is 0 Å². The van der Waals surface area contributed by atoms with E-state index in [-0.39, 0.29) is 23.7 Å². The highest BCUT2D eigenvalue weighted by Gasteiger charge is 2.32. The Morgan fingerprint density at radius 3 is 2.83 bits per heavy atom. The molecule has 4 rings (SSSR count). The third-order valence-electron chi connectivity index (χ3n) is 5.39. The maximum atomic E-state index is 12.9. The number of fused-ring (bicyclic) bond motifs is 1. The van der Waals surface area contributed by atoms with E-state index in [1.54, 1.807) is 6.20 Å². The summed E-state index contributed by atoms with van der Waals surface area (Å²) < 4.78 is 2.14. The van der Waals surface area contributed by atoms with Crippen molar-refractivity contribution in [2.75, 3.05) is 19.6 Å². The van der Waals surface area contributed by atoms with Crippen LogP contribution in [0.1, 0.15) is 31.5 Å². The number of rotatable bonds is 3. The lowest BCUT2D eigenvalue weighted by Crippen LogP contribution is -2.41. The molecule has 0 bridgehead atoms. The average Bonchev–Trinajstić information content (AvgIpc) is 3.29. The van der Waals surface area contributed by atoms with Gasteiger partial charge < -0.3 is 14.4 Å². The van der Waals surface area contributed by atoms with E-state index in [4.69, 9.17) is 0 Å². The number of hydrogen-bond donors (Lipinski definition) is 0.